The first-order valence-electron chi connectivity index (χ1n) is 14.7. The van der Waals surface area contributed by atoms with Crippen molar-refractivity contribution in [3.05, 3.63) is 71.9 Å². The number of fused-ring (bicyclic) bond motifs is 1. The minimum absolute atomic E-state index is 0.0653. The smallest absolute Gasteiger partial charge is 0.326 e. The zero-order valence-corrected chi connectivity index (χ0v) is 24.4. The molecule has 10 N–H and O–H groups in total. The zero-order valence-electron chi connectivity index (χ0n) is 24.4. The van der Waals surface area contributed by atoms with E-state index < -0.39 is 42.0 Å². The summed E-state index contributed by atoms with van der Waals surface area (Å²) >= 11 is 0. The third-order valence-electron chi connectivity index (χ3n) is 7.75. The number of aliphatic carboxylic acids is 1. The normalized spacial score (nSPS) is 16.6. The van der Waals surface area contributed by atoms with Crippen molar-refractivity contribution in [1.82, 2.24) is 20.5 Å². The van der Waals surface area contributed by atoms with Gasteiger partial charge >= 0.3 is 5.97 Å². The number of nitrogens with two attached hydrogens (primary N) is 3. The average molecular weight is 605 g/mol. The molecule has 1 aromatic heterocycles. The van der Waals surface area contributed by atoms with Gasteiger partial charge in [-0.2, -0.15) is 0 Å². The summed E-state index contributed by atoms with van der Waals surface area (Å²) in [7, 11) is 0. The number of rotatable bonds is 14. The Hall–Kier alpha value is -4.91. The summed E-state index contributed by atoms with van der Waals surface area (Å²) in [4.78, 5) is 60.9. The summed E-state index contributed by atoms with van der Waals surface area (Å²) in [6, 6.07) is 12.7. The van der Waals surface area contributed by atoms with Gasteiger partial charge in [0.2, 0.25) is 17.7 Å². The molecule has 3 aromatic rings. The van der Waals surface area contributed by atoms with E-state index in [0.717, 1.165) is 22.0 Å². The first kappa shape index (κ1) is 32.0. The quantitative estimate of drug-likeness (QED) is 0.0772. The van der Waals surface area contributed by atoms with Crippen LogP contribution in [0.15, 0.2) is 65.8 Å². The number of H-pyrrole nitrogens is 1. The second-order valence-corrected chi connectivity index (χ2v) is 11.0. The van der Waals surface area contributed by atoms with E-state index in [1.165, 1.54) is 4.90 Å². The van der Waals surface area contributed by atoms with Gasteiger partial charge in [-0.3, -0.25) is 19.4 Å². The molecule has 0 aliphatic carbocycles. The Morgan fingerprint density at radius 2 is 1.73 bits per heavy atom. The van der Waals surface area contributed by atoms with E-state index in [2.05, 4.69) is 20.6 Å². The summed E-state index contributed by atoms with van der Waals surface area (Å²) in [6.07, 6.45) is 3.69. The molecule has 234 valence electrons. The highest BCUT2D eigenvalue weighted by molar-refractivity contribution is 5.95. The number of guanidine groups is 1. The molecular formula is C31H40N8O5. The molecule has 0 radical (unpaired) electrons. The molecule has 0 saturated carbocycles. The van der Waals surface area contributed by atoms with Crippen LogP contribution in [-0.2, 0) is 32.0 Å². The molecule has 2 heterocycles. The molecule has 0 bridgehead atoms. The largest absolute Gasteiger partial charge is 0.480 e. The topological polar surface area (TPSA) is 222 Å². The number of nitrogens with zero attached hydrogens (tertiary/aromatic N) is 2. The van der Waals surface area contributed by atoms with Gasteiger partial charge in [-0.05, 0) is 49.3 Å². The minimum atomic E-state index is -1.21. The fourth-order valence-corrected chi connectivity index (χ4v) is 5.50. The van der Waals surface area contributed by atoms with Gasteiger partial charge in [0.25, 0.3) is 0 Å². The molecule has 3 amide bonds. The second kappa shape index (κ2) is 15.0. The van der Waals surface area contributed by atoms with Crippen LogP contribution in [0.1, 0.15) is 36.8 Å². The van der Waals surface area contributed by atoms with Gasteiger partial charge in [0.1, 0.15) is 18.1 Å². The molecule has 44 heavy (non-hydrogen) atoms. The highest BCUT2D eigenvalue weighted by Crippen LogP contribution is 2.22. The predicted molar refractivity (Wildman–Crippen MR) is 166 cm³/mol. The number of aliphatic imine (C=N–C) groups is 1. The number of likely N-dealkylation sites (tertiary alicyclic amines) is 1. The number of carbonyl (C=O) groups excluding carboxylic acids is 3. The van der Waals surface area contributed by atoms with Crippen molar-refractivity contribution in [2.75, 3.05) is 13.1 Å². The van der Waals surface area contributed by atoms with Crippen molar-refractivity contribution in [2.45, 2.75) is 62.7 Å². The van der Waals surface area contributed by atoms with Crippen molar-refractivity contribution in [1.29, 1.82) is 0 Å². The fourth-order valence-electron chi connectivity index (χ4n) is 5.50. The van der Waals surface area contributed by atoms with Crippen LogP contribution in [-0.4, -0.2) is 81.9 Å². The average Bonchev–Trinajstić information content (AvgIpc) is 3.66. The zero-order chi connectivity index (χ0) is 31.6. The Kier molecular flexibility index (Phi) is 10.9. The van der Waals surface area contributed by atoms with Crippen LogP contribution in [0, 0.1) is 0 Å². The van der Waals surface area contributed by atoms with Crippen molar-refractivity contribution >= 4 is 40.6 Å². The number of aromatic nitrogens is 1. The SMILES string of the molecule is NC(N)=NCCCC(NC(=O)C1CCCN1C(=O)C(N)Cc1c[nH]c2ccccc12)C(=O)NC(Cc1ccccc1)C(=O)O. The lowest BCUT2D eigenvalue weighted by Gasteiger charge is -2.28. The van der Waals surface area contributed by atoms with E-state index >= 15 is 0 Å². The Morgan fingerprint density at radius 1 is 1.00 bits per heavy atom. The maximum absolute atomic E-state index is 13.5. The lowest BCUT2D eigenvalue weighted by atomic mass is 10.0. The van der Waals surface area contributed by atoms with Gasteiger partial charge in [-0.1, -0.05) is 48.5 Å². The van der Waals surface area contributed by atoms with Crippen molar-refractivity contribution in [3.8, 4) is 0 Å². The monoisotopic (exact) mass is 604 g/mol. The first-order valence-corrected chi connectivity index (χ1v) is 14.7. The van der Waals surface area contributed by atoms with Gasteiger partial charge in [0.05, 0.1) is 6.04 Å². The number of nitrogens with one attached hydrogen (secondary N) is 3. The highest BCUT2D eigenvalue weighted by Gasteiger charge is 2.38. The maximum Gasteiger partial charge on any atom is 0.326 e. The fraction of sp³-hybridized carbons (Fsp3) is 0.387. The Bertz CT molecular complexity index is 1490. The van der Waals surface area contributed by atoms with Crippen LogP contribution < -0.4 is 27.8 Å². The lowest BCUT2D eigenvalue weighted by molar-refractivity contribution is -0.143. The van der Waals surface area contributed by atoms with Crippen LogP contribution >= 0.6 is 0 Å². The summed E-state index contributed by atoms with van der Waals surface area (Å²) in [5, 5.41) is 16.1. The molecule has 1 aliphatic rings. The number of amides is 3. The molecule has 4 rings (SSSR count). The Labute approximate surface area is 255 Å². The molecule has 1 aliphatic heterocycles. The molecule has 2 aromatic carbocycles. The van der Waals surface area contributed by atoms with Gasteiger partial charge in [-0.15, -0.1) is 0 Å². The van der Waals surface area contributed by atoms with E-state index in [9.17, 15) is 24.3 Å². The third kappa shape index (κ3) is 8.34. The minimum Gasteiger partial charge on any atom is -0.480 e. The summed E-state index contributed by atoms with van der Waals surface area (Å²) in [6.45, 7) is 0.573. The Morgan fingerprint density at radius 3 is 2.45 bits per heavy atom. The number of carboxylic acid groups (broad SMARTS) is 1. The third-order valence-corrected chi connectivity index (χ3v) is 7.75. The van der Waals surface area contributed by atoms with Crippen LogP contribution in [0.5, 0.6) is 0 Å². The second-order valence-electron chi connectivity index (χ2n) is 11.0. The van der Waals surface area contributed by atoms with Gasteiger partial charge < -0.3 is 42.8 Å². The van der Waals surface area contributed by atoms with E-state index in [1.54, 1.807) is 24.3 Å². The Balaban J connectivity index is 1.43. The molecule has 1 fully saturated rings. The molecule has 1 saturated heterocycles. The van der Waals surface area contributed by atoms with Gasteiger partial charge in [0.15, 0.2) is 5.96 Å². The van der Waals surface area contributed by atoms with Crippen molar-refractivity contribution in [3.63, 3.8) is 0 Å². The number of benzene rings is 2. The number of para-hydroxylation sites is 1. The number of hydrogen-bond donors (Lipinski definition) is 7. The lowest BCUT2D eigenvalue weighted by Crippen LogP contribution is -2.57. The van der Waals surface area contributed by atoms with E-state index in [0.29, 0.717) is 32.2 Å². The summed E-state index contributed by atoms with van der Waals surface area (Å²) in [5.41, 5.74) is 19.7. The summed E-state index contributed by atoms with van der Waals surface area (Å²) < 4.78 is 0. The van der Waals surface area contributed by atoms with Crippen LogP contribution in [0.3, 0.4) is 0 Å². The van der Waals surface area contributed by atoms with Crippen molar-refractivity contribution < 1.29 is 24.3 Å². The number of carboxylic acids is 1. The number of hydrogen-bond acceptors (Lipinski definition) is 6. The standard InChI is InChI=1S/C31H40N8O5/c32-22(17-20-18-36-23-11-5-4-10-21(20)23)29(42)39-15-7-13-26(39)28(41)37-24(12-6-14-35-31(33)34)27(40)38-25(30(43)44)16-19-8-2-1-3-9-19/h1-5,8-11,18,22,24-26,36H,6-7,12-17,32H2,(H,37,41)(H,38,40)(H,43,44)(H4,33,34,35). The molecular weight excluding hydrogens is 564 g/mol. The van der Waals surface area contributed by atoms with Crippen LogP contribution in [0.25, 0.3) is 10.9 Å². The molecule has 13 nitrogen and oxygen atoms in total. The van der Waals surface area contributed by atoms with Gasteiger partial charge in [0, 0.05) is 36.6 Å². The maximum atomic E-state index is 13.5. The summed E-state index contributed by atoms with van der Waals surface area (Å²) in [5.74, 6) is -2.82. The predicted octanol–water partition coefficient (Wildman–Crippen LogP) is 0.379. The van der Waals surface area contributed by atoms with E-state index in [1.807, 2.05) is 36.5 Å². The molecule has 4 unspecified atom stereocenters. The number of carbonyl (C=O) groups is 4. The molecule has 13 heteroatoms. The van der Waals surface area contributed by atoms with Gasteiger partial charge in [-0.25, -0.2) is 4.79 Å². The highest BCUT2D eigenvalue weighted by atomic mass is 16.4. The van der Waals surface area contributed by atoms with Crippen LogP contribution in [0.4, 0.5) is 0 Å². The van der Waals surface area contributed by atoms with Crippen molar-refractivity contribution in [2.24, 2.45) is 22.2 Å². The first-order chi connectivity index (χ1) is 21.1. The molecule has 4 atom stereocenters. The van der Waals surface area contributed by atoms with E-state index in [4.69, 9.17) is 17.2 Å². The molecule has 0 spiro atoms. The van der Waals surface area contributed by atoms with Crippen LogP contribution in [0.2, 0.25) is 0 Å². The van der Waals surface area contributed by atoms with E-state index in [-0.39, 0.29) is 31.3 Å². The number of aromatic amines is 1.